The molecule has 2 aromatic carbocycles. The van der Waals surface area contributed by atoms with Crippen LogP contribution in [0.3, 0.4) is 0 Å². The minimum absolute atomic E-state index is 0.0303. The van der Waals surface area contributed by atoms with Gasteiger partial charge in [0.25, 0.3) is 0 Å². The van der Waals surface area contributed by atoms with E-state index in [0.29, 0.717) is 0 Å². The van der Waals surface area contributed by atoms with Crippen LogP contribution < -0.4 is 0 Å². The summed E-state index contributed by atoms with van der Waals surface area (Å²) in [5.41, 5.74) is -1.03. The predicted octanol–water partition coefficient (Wildman–Crippen LogP) is 4.96. The minimum atomic E-state index is -4.54. The van der Waals surface area contributed by atoms with Gasteiger partial charge in [0.05, 0.1) is 16.1 Å². The number of aryl methyl sites for hydroxylation is 1. The zero-order valence-electron chi connectivity index (χ0n) is 12.3. The Kier molecular flexibility index (Phi) is 4.04. The van der Waals surface area contributed by atoms with Gasteiger partial charge in [0.2, 0.25) is 0 Å². The number of hydrogen-bond donors (Lipinski definition) is 0. The molecule has 24 heavy (non-hydrogen) atoms. The molecular weight excluding hydrogens is 346 g/mol. The molecule has 0 saturated carbocycles. The second kappa shape index (κ2) is 5.90. The van der Waals surface area contributed by atoms with Crippen molar-refractivity contribution in [1.82, 2.24) is 14.8 Å². The van der Waals surface area contributed by atoms with Crippen LogP contribution in [0, 0.1) is 5.82 Å². The summed E-state index contributed by atoms with van der Waals surface area (Å²) in [5.74, 6) is -0.756. The van der Waals surface area contributed by atoms with Gasteiger partial charge in [0, 0.05) is 12.6 Å². The molecular formula is C16H10ClF4N3. The summed E-state index contributed by atoms with van der Waals surface area (Å²) in [4.78, 5) is 4.07. The van der Waals surface area contributed by atoms with Gasteiger partial charge >= 0.3 is 6.18 Å². The summed E-state index contributed by atoms with van der Waals surface area (Å²) < 4.78 is 54.7. The fourth-order valence-corrected chi connectivity index (χ4v) is 2.61. The van der Waals surface area contributed by atoms with E-state index in [2.05, 4.69) is 10.1 Å². The van der Waals surface area contributed by atoms with E-state index in [4.69, 9.17) is 11.6 Å². The average Bonchev–Trinajstić information content (AvgIpc) is 2.87. The molecule has 0 N–H and O–H groups in total. The predicted molar refractivity (Wildman–Crippen MR) is 81.8 cm³/mol. The molecule has 0 aliphatic heterocycles. The van der Waals surface area contributed by atoms with E-state index < -0.39 is 17.6 Å². The standard InChI is InChI=1S/C16H10ClF4N3/c1-24-15(9-5-2-3-6-10(9)16(19,20)21)22-14(23-24)13-11(17)7-4-8-12(13)18/h2-8H,1H3. The zero-order chi connectivity index (χ0) is 17.5. The molecule has 1 aromatic heterocycles. The van der Waals surface area contributed by atoms with E-state index in [1.165, 1.54) is 48.1 Å². The van der Waals surface area contributed by atoms with Crippen molar-refractivity contribution in [2.45, 2.75) is 6.18 Å². The third kappa shape index (κ3) is 2.87. The Labute approximate surface area is 139 Å². The molecule has 0 saturated heterocycles. The van der Waals surface area contributed by atoms with E-state index in [1.54, 1.807) is 0 Å². The fourth-order valence-electron chi connectivity index (χ4n) is 2.36. The van der Waals surface area contributed by atoms with Gasteiger partial charge in [-0.2, -0.15) is 18.3 Å². The van der Waals surface area contributed by atoms with Crippen LogP contribution in [0.5, 0.6) is 0 Å². The lowest BCUT2D eigenvalue weighted by Crippen LogP contribution is -2.08. The first-order valence-corrected chi connectivity index (χ1v) is 7.19. The molecule has 0 bridgehead atoms. The van der Waals surface area contributed by atoms with Crippen LogP contribution in [-0.4, -0.2) is 14.8 Å². The van der Waals surface area contributed by atoms with E-state index in [1.807, 2.05) is 0 Å². The number of alkyl halides is 3. The van der Waals surface area contributed by atoms with E-state index >= 15 is 0 Å². The SMILES string of the molecule is Cn1nc(-c2c(F)cccc2Cl)nc1-c1ccccc1C(F)(F)F. The van der Waals surface area contributed by atoms with Gasteiger partial charge in [-0.1, -0.05) is 35.9 Å². The van der Waals surface area contributed by atoms with E-state index in [0.717, 1.165) is 6.07 Å². The topological polar surface area (TPSA) is 30.7 Å². The molecule has 0 spiro atoms. The third-order valence-corrected chi connectivity index (χ3v) is 3.74. The number of aromatic nitrogens is 3. The maximum absolute atomic E-state index is 14.0. The maximum Gasteiger partial charge on any atom is 0.417 e. The molecule has 0 aliphatic carbocycles. The van der Waals surface area contributed by atoms with Crippen molar-refractivity contribution in [3.05, 3.63) is 58.9 Å². The quantitative estimate of drug-likeness (QED) is 0.608. The molecule has 8 heteroatoms. The molecule has 0 amide bonds. The highest BCUT2D eigenvalue weighted by molar-refractivity contribution is 6.33. The summed E-state index contributed by atoms with van der Waals surface area (Å²) in [6.07, 6.45) is -4.54. The summed E-state index contributed by atoms with van der Waals surface area (Å²) in [6, 6.07) is 9.07. The molecule has 0 atom stereocenters. The van der Waals surface area contributed by atoms with Crippen LogP contribution in [0.25, 0.3) is 22.8 Å². The Hall–Kier alpha value is -2.41. The summed E-state index contributed by atoms with van der Waals surface area (Å²) >= 11 is 5.97. The van der Waals surface area contributed by atoms with Crippen LogP contribution in [0.2, 0.25) is 5.02 Å². The average molecular weight is 356 g/mol. The third-order valence-electron chi connectivity index (χ3n) is 3.42. The van der Waals surface area contributed by atoms with Gasteiger partial charge in [-0.05, 0) is 18.2 Å². The van der Waals surface area contributed by atoms with Gasteiger partial charge in [-0.3, -0.25) is 0 Å². The van der Waals surface area contributed by atoms with Crippen LogP contribution in [0.15, 0.2) is 42.5 Å². The fraction of sp³-hybridized carbons (Fsp3) is 0.125. The lowest BCUT2D eigenvalue weighted by Gasteiger charge is -2.11. The Morgan fingerprint density at radius 3 is 2.42 bits per heavy atom. The molecule has 0 fully saturated rings. The summed E-state index contributed by atoms with van der Waals surface area (Å²) in [6.45, 7) is 0. The minimum Gasteiger partial charge on any atom is -0.248 e. The zero-order valence-corrected chi connectivity index (χ0v) is 13.0. The largest absolute Gasteiger partial charge is 0.417 e. The first-order chi connectivity index (χ1) is 11.3. The number of hydrogen-bond acceptors (Lipinski definition) is 2. The van der Waals surface area contributed by atoms with Crippen molar-refractivity contribution in [3.8, 4) is 22.8 Å². The number of benzene rings is 2. The van der Waals surface area contributed by atoms with E-state index in [-0.39, 0.29) is 27.8 Å². The van der Waals surface area contributed by atoms with Gasteiger partial charge < -0.3 is 0 Å². The Morgan fingerprint density at radius 1 is 1.04 bits per heavy atom. The monoisotopic (exact) mass is 355 g/mol. The second-order valence-corrected chi connectivity index (χ2v) is 5.43. The van der Waals surface area contributed by atoms with Gasteiger partial charge in [-0.15, -0.1) is 0 Å². The Balaban J connectivity index is 2.19. The molecule has 1 heterocycles. The molecule has 124 valence electrons. The first-order valence-electron chi connectivity index (χ1n) is 6.81. The maximum atomic E-state index is 14.0. The second-order valence-electron chi connectivity index (χ2n) is 5.02. The van der Waals surface area contributed by atoms with Crippen LogP contribution in [-0.2, 0) is 13.2 Å². The number of rotatable bonds is 2. The summed E-state index contributed by atoms with van der Waals surface area (Å²) in [5, 5.41) is 4.10. The number of halogens is 5. The smallest absolute Gasteiger partial charge is 0.248 e. The molecule has 3 rings (SSSR count). The van der Waals surface area contributed by atoms with Crippen LogP contribution >= 0.6 is 11.6 Å². The highest BCUT2D eigenvalue weighted by Gasteiger charge is 2.34. The molecule has 3 nitrogen and oxygen atoms in total. The highest BCUT2D eigenvalue weighted by atomic mass is 35.5. The summed E-state index contributed by atoms with van der Waals surface area (Å²) in [7, 11) is 1.44. The van der Waals surface area contributed by atoms with Crippen molar-refractivity contribution in [2.75, 3.05) is 0 Å². The lowest BCUT2D eigenvalue weighted by atomic mass is 10.1. The van der Waals surface area contributed by atoms with Crippen molar-refractivity contribution in [3.63, 3.8) is 0 Å². The van der Waals surface area contributed by atoms with Crippen molar-refractivity contribution >= 4 is 11.6 Å². The Bertz CT molecular complexity index is 882. The number of nitrogens with zero attached hydrogens (tertiary/aromatic N) is 3. The normalized spacial score (nSPS) is 11.8. The van der Waals surface area contributed by atoms with Crippen LogP contribution in [0.4, 0.5) is 17.6 Å². The van der Waals surface area contributed by atoms with Gasteiger partial charge in [0.1, 0.15) is 5.82 Å². The van der Waals surface area contributed by atoms with E-state index in [9.17, 15) is 17.6 Å². The molecule has 3 aromatic rings. The first kappa shape index (κ1) is 16.4. The lowest BCUT2D eigenvalue weighted by molar-refractivity contribution is -0.137. The Morgan fingerprint density at radius 2 is 1.75 bits per heavy atom. The van der Waals surface area contributed by atoms with Crippen LogP contribution in [0.1, 0.15) is 5.56 Å². The molecule has 0 aliphatic rings. The van der Waals surface area contributed by atoms with Crippen molar-refractivity contribution in [1.29, 1.82) is 0 Å². The van der Waals surface area contributed by atoms with Crippen molar-refractivity contribution in [2.24, 2.45) is 7.05 Å². The molecule has 0 unspecified atom stereocenters. The van der Waals surface area contributed by atoms with Crippen molar-refractivity contribution < 1.29 is 17.6 Å². The highest BCUT2D eigenvalue weighted by Crippen LogP contribution is 2.37. The molecule has 0 radical (unpaired) electrons. The van der Waals surface area contributed by atoms with Gasteiger partial charge in [-0.25, -0.2) is 14.1 Å². The van der Waals surface area contributed by atoms with Gasteiger partial charge in [0.15, 0.2) is 11.6 Å².